The quantitative estimate of drug-likeness (QED) is 0.837. The molecule has 0 saturated carbocycles. The Hall–Kier alpha value is -2.04. The van der Waals surface area contributed by atoms with Crippen molar-refractivity contribution in [3.8, 4) is 0 Å². The Kier molecular flexibility index (Phi) is 4.21. The maximum absolute atomic E-state index is 12.6. The molecule has 2 rings (SSSR count). The molecule has 0 radical (unpaired) electrons. The highest BCUT2D eigenvalue weighted by molar-refractivity contribution is 5.97. The molecule has 1 saturated heterocycles. The molecule has 1 aromatic carbocycles. The van der Waals surface area contributed by atoms with E-state index in [1.165, 1.54) is 0 Å². The predicted molar refractivity (Wildman–Crippen MR) is 81.1 cm³/mol. The number of nitrogens with zero attached hydrogens (tertiary/aromatic N) is 1. The normalized spacial score (nSPS) is 17.5. The van der Waals surface area contributed by atoms with Crippen molar-refractivity contribution in [2.24, 2.45) is 5.41 Å². The number of hydrogen-bond donors (Lipinski definition) is 2. The number of carboxylic acids is 1. The van der Waals surface area contributed by atoms with E-state index in [9.17, 15) is 14.7 Å². The second kappa shape index (κ2) is 5.76. The van der Waals surface area contributed by atoms with E-state index < -0.39 is 11.4 Å². The Bertz CT molecular complexity index is 561. The van der Waals surface area contributed by atoms with Gasteiger partial charge in [0.05, 0.1) is 5.41 Å². The smallest absolute Gasteiger partial charge is 0.309 e. The van der Waals surface area contributed by atoms with Crippen molar-refractivity contribution in [2.45, 2.75) is 33.1 Å². The van der Waals surface area contributed by atoms with E-state index in [0.29, 0.717) is 43.6 Å². The van der Waals surface area contributed by atoms with Crippen molar-refractivity contribution >= 4 is 17.6 Å². The number of piperidine rings is 1. The highest BCUT2D eigenvalue weighted by atomic mass is 16.4. The maximum atomic E-state index is 12.6. The molecule has 1 aromatic rings. The number of rotatable bonds is 3. The summed E-state index contributed by atoms with van der Waals surface area (Å²) in [6.07, 6.45) is 1.61. The molecule has 0 spiro atoms. The molecule has 0 atom stereocenters. The number of anilines is 1. The Morgan fingerprint density at radius 1 is 1.33 bits per heavy atom. The summed E-state index contributed by atoms with van der Waals surface area (Å²) in [6.45, 7) is 4.69. The minimum absolute atomic E-state index is 0.0603. The fourth-order valence-corrected chi connectivity index (χ4v) is 2.91. The van der Waals surface area contributed by atoms with Gasteiger partial charge in [-0.1, -0.05) is 13.0 Å². The third-order valence-corrected chi connectivity index (χ3v) is 4.74. The van der Waals surface area contributed by atoms with Crippen molar-refractivity contribution in [3.05, 3.63) is 29.3 Å². The van der Waals surface area contributed by atoms with Crippen LogP contribution in [0.5, 0.6) is 0 Å². The lowest BCUT2D eigenvalue weighted by atomic mass is 9.76. The van der Waals surface area contributed by atoms with Crippen LogP contribution < -0.4 is 5.73 Å². The first kappa shape index (κ1) is 15.4. The monoisotopic (exact) mass is 290 g/mol. The maximum Gasteiger partial charge on any atom is 0.309 e. The topological polar surface area (TPSA) is 83.6 Å². The number of nitrogens with two attached hydrogens (primary N) is 1. The molecule has 114 valence electrons. The number of carbonyl (C=O) groups is 2. The SMILES string of the molecule is CCC1(C(=O)O)CCN(C(=O)c2cccc(N)c2C)CC1. The van der Waals surface area contributed by atoms with Crippen LogP contribution in [0.1, 0.15) is 42.1 Å². The summed E-state index contributed by atoms with van der Waals surface area (Å²) in [4.78, 5) is 25.7. The van der Waals surface area contributed by atoms with Crippen LogP contribution in [0.4, 0.5) is 5.69 Å². The lowest BCUT2D eigenvalue weighted by Crippen LogP contribution is -2.46. The number of amides is 1. The summed E-state index contributed by atoms with van der Waals surface area (Å²) in [7, 11) is 0. The molecule has 0 bridgehead atoms. The number of hydrogen-bond acceptors (Lipinski definition) is 3. The summed E-state index contributed by atoms with van der Waals surface area (Å²) >= 11 is 0. The molecule has 3 N–H and O–H groups in total. The summed E-state index contributed by atoms with van der Waals surface area (Å²) in [5, 5.41) is 9.39. The molecule has 1 amide bonds. The summed E-state index contributed by atoms with van der Waals surface area (Å²) in [6, 6.07) is 5.31. The first-order chi connectivity index (χ1) is 9.91. The molecule has 1 aliphatic heterocycles. The second-order valence-electron chi connectivity index (χ2n) is 5.75. The van der Waals surface area contributed by atoms with Crippen LogP contribution in [0.15, 0.2) is 18.2 Å². The molecule has 1 aliphatic rings. The van der Waals surface area contributed by atoms with Gasteiger partial charge in [-0.2, -0.15) is 0 Å². The van der Waals surface area contributed by atoms with Crippen LogP contribution >= 0.6 is 0 Å². The van der Waals surface area contributed by atoms with Crippen LogP contribution in [-0.4, -0.2) is 35.0 Å². The molecule has 0 aromatic heterocycles. The minimum Gasteiger partial charge on any atom is -0.481 e. The van der Waals surface area contributed by atoms with Crippen molar-refractivity contribution in [1.82, 2.24) is 4.90 Å². The summed E-state index contributed by atoms with van der Waals surface area (Å²) in [5.41, 5.74) is 7.16. The Morgan fingerprint density at radius 2 is 1.95 bits per heavy atom. The lowest BCUT2D eigenvalue weighted by Gasteiger charge is -2.38. The van der Waals surface area contributed by atoms with E-state index in [2.05, 4.69) is 0 Å². The standard InChI is InChI=1S/C16H22N2O3/c1-3-16(15(20)21)7-9-18(10-8-16)14(19)12-5-4-6-13(17)11(12)2/h4-6H,3,7-10,17H2,1-2H3,(H,20,21). The summed E-state index contributed by atoms with van der Waals surface area (Å²) in [5.74, 6) is -0.813. The Labute approximate surface area is 124 Å². The van der Waals surface area contributed by atoms with Crippen LogP contribution in [0.25, 0.3) is 0 Å². The van der Waals surface area contributed by atoms with Crippen molar-refractivity contribution in [1.29, 1.82) is 0 Å². The lowest BCUT2D eigenvalue weighted by molar-refractivity contribution is -0.152. The highest BCUT2D eigenvalue weighted by Crippen LogP contribution is 2.35. The van der Waals surface area contributed by atoms with Gasteiger partial charge in [-0.15, -0.1) is 0 Å². The van der Waals surface area contributed by atoms with E-state index in [1.807, 2.05) is 13.8 Å². The van der Waals surface area contributed by atoms with Gasteiger partial charge in [0.15, 0.2) is 0 Å². The zero-order chi connectivity index (χ0) is 15.6. The van der Waals surface area contributed by atoms with Crippen LogP contribution in [0.2, 0.25) is 0 Å². The van der Waals surface area contributed by atoms with Crippen LogP contribution in [0.3, 0.4) is 0 Å². The van der Waals surface area contributed by atoms with Crippen molar-refractivity contribution in [3.63, 3.8) is 0 Å². The molecular formula is C16H22N2O3. The highest BCUT2D eigenvalue weighted by Gasteiger charge is 2.41. The largest absolute Gasteiger partial charge is 0.481 e. The molecule has 5 heteroatoms. The molecule has 1 heterocycles. The predicted octanol–water partition coefficient (Wildman–Crippen LogP) is 2.29. The number of likely N-dealkylation sites (tertiary alicyclic amines) is 1. The number of carbonyl (C=O) groups excluding carboxylic acids is 1. The number of benzene rings is 1. The molecule has 0 aliphatic carbocycles. The zero-order valence-electron chi connectivity index (χ0n) is 12.6. The third kappa shape index (κ3) is 2.73. The van der Waals surface area contributed by atoms with Gasteiger partial charge in [-0.3, -0.25) is 9.59 Å². The Balaban J connectivity index is 2.14. The Morgan fingerprint density at radius 3 is 2.48 bits per heavy atom. The van der Waals surface area contributed by atoms with Crippen LogP contribution in [-0.2, 0) is 4.79 Å². The third-order valence-electron chi connectivity index (χ3n) is 4.74. The molecule has 0 unspecified atom stereocenters. The zero-order valence-corrected chi connectivity index (χ0v) is 12.6. The van der Waals surface area contributed by atoms with Crippen LogP contribution in [0, 0.1) is 12.3 Å². The molecule has 1 fully saturated rings. The van der Waals surface area contributed by atoms with E-state index in [4.69, 9.17) is 5.73 Å². The van der Waals surface area contributed by atoms with Gasteiger partial charge in [0.1, 0.15) is 0 Å². The summed E-state index contributed by atoms with van der Waals surface area (Å²) < 4.78 is 0. The molecule has 21 heavy (non-hydrogen) atoms. The first-order valence-electron chi connectivity index (χ1n) is 7.29. The van der Waals surface area contributed by atoms with Gasteiger partial charge < -0.3 is 15.7 Å². The van der Waals surface area contributed by atoms with Crippen molar-refractivity contribution < 1.29 is 14.7 Å². The van der Waals surface area contributed by atoms with E-state index in [-0.39, 0.29) is 5.91 Å². The molecular weight excluding hydrogens is 268 g/mol. The van der Waals surface area contributed by atoms with Gasteiger partial charge in [-0.25, -0.2) is 0 Å². The van der Waals surface area contributed by atoms with E-state index in [0.717, 1.165) is 5.56 Å². The minimum atomic E-state index is -0.753. The average Bonchev–Trinajstić information content (AvgIpc) is 2.49. The van der Waals surface area contributed by atoms with E-state index in [1.54, 1.807) is 23.1 Å². The van der Waals surface area contributed by atoms with Gasteiger partial charge in [-0.05, 0) is 43.9 Å². The number of aliphatic carboxylic acids is 1. The van der Waals surface area contributed by atoms with Gasteiger partial charge >= 0.3 is 5.97 Å². The van der Waals surface area contributed by atoms with Gasteiger partial charge in [0, 0.05) is 24.3 Å². The van der Waals surface area contributed by atoms with Gasteiger partial charge in [0.2, 0.25) is 0 Å². The van der Waals surface area contributed by atoms with Crippen molar-refractivity contribution in [2.75, 3.05) is 18.8 Å². The van der Waals surface area contributed by atoms with E-state index >= 15 is 0 Å². The fraction of sp³-hybridized carbons (Fsp3) is 0.500. The number of nitrogen functional groups attached to an aromatic ring is 1. The molecule has 5 nitrogen and oxygen atoms in total. The van der Waals surface area contributed by atoms with Gasteiger partial charge in [0.25, 0.3) is 5.91 Å². The second-order valence-corrected chi connectivity index (χ2v) is 5.75. The average molecular weight is 290 g/mol. The number of carboxylic acid groups (broad SMARTS) is 1. The fourth-order valence-electron chi connectivity index (χ4n) is 2.91. The first-order valence-corrected chi connectivity index (χ1v) is 7.29.